The van der Waals surface area contributed by atoms with Crippen molar-refractivity contribution in [1.29, 1.82) is 0 Å². The number of rotatable bonds is 38. The Labute approximate surface area is 351 Å². The van der Waals surface area contributed by atoms with E-state index in [1.807, 2.05) is 0 Å². The Bertz CT molecular complexity index is 1090. The third-order valence-corrected chi connectivity index (χ3v) is 11.5. The maximum Gasteiger partial charge on any atom is 0.470 e. The van der Waals surface area contributed by atoms with Crippen LogP contribution in [0.3, 0.4) is 0 Å². The third-order valence-electron chi connectivity index (χ3n) is 11.0. The SMILES string of the molecule is CCCCCCCCCCCCC[C@@H](O)CC(=O)N[C@H]1[C@@H](OC(=O)CCCCCCCCCCC)O[C@H](CO)[C@@H](OP(=O)(O)O)[C@@H]1OC(=O)CCCCCCCCC. The Kier molecular flexibility index (Phi) is 32.9. The van der Waals surface area contributed by atoms with Gasteiger partial charge in [0.2, 0.25) is 12.2 Å². The van der Waals surface area contributed by atoms with Crippen molar-refractivity contribution in [3.63, 3.8) is 0 Å². The molecule has 342 valence electrons. The normalized spacial score (nSPS) is 20.2. The minimum atomic E-state index is -5.24. The summed E-state index contributed by atoms with van der Waals surface area (Å²) >= 11 is 0. The zero-order chi connectivity index (χ0) is 42.9. The minimum absolute atomic E-state index is 0.00104. The summed E-state index contributed by atoms with van der Waals surface area (Å²) in [5.74, 6) is -2.00. The molecule has 1 saturated heterocycles. The number of carbonyl (C=O) groups is 3. The molecule has 0 radical (unpaired) electrons. The van der Waals surface area contributed by atoms with Crippen molar-refractivity contribution in [2.24, 2.45) is 0 Å². The van der Waals surface area contributed by atoms with Crippen LogP contribution in [0, 0.1) is 0 Å². The fraction of sp³-hybridized carbons (Fsp3) is 0.932. The highest BCUT2D eigenvalue weighted by molar-refractivity contribution is 7.46. The molecular formula is C44H84NO12P. The number of esters is 2. The van der Waals surface area contributed by atoms with Crippen LogP contribution in [-0.4, -0.2) is 81.2 Å². The minimum Gasteiger partial charge on any atom is -0.457 e. The van der Waals surface area contributed by atoms with E-state index in [-0.39, 0.29) is 19.3 Å². The number of hydrogen-bond donors (Lipinski definition) is 5. The molecule has 14 heteroatoms. The molecule has 1 aliphatic heterocycles. The average molecular weight is 850 g/mol. The number of nitrogens with one attached hydrogen (secondary N) is 1. The van der Waals surface area contributed by atoms with E-state index in [0.717, 1.165) is 89.9 Å². The predicted molar refractivity (Wildman–Crippen MR) is 227 cm³/mol. The lowest BCUT2D eigenvalue weighted by molar-refractivity contribution is -0.264. The number of phosphoric acid groups is 1. The van der Waals surface area contributed by atoms with Crippen LogP contribution in [0.5, 0.6) is 0 Å². The first-order valence-electron chi connectivity index (χ1n) is 23.3. The van der Waals surface area contributed by atoms with Crippen LogP contribution in [0.15, 0.2) is 0 Å². The first kappa shape index (κ1) is 54.4. The fourth-order valence-corrected chi connectivity index (χ4v) is 8.11. The lowest BCUT2D eigenvalue weighted by atomic mass is 9.96. The molecular weight excluding hydrogens is 765 g/mol. The summed E-state index contributed by atoms with van der Waals surface area (Å²) < 4.78 is 34.5. The number of unbranched alkanes of at least 4 members (excludes halogenated alkanes) is 24. The summed E-state index contributed by atoms with van der Waals surface area (Å²) in [5.41, 5.74) is 0. The highest BCUT2D eigenvalue weighted by atomic mass is 31.2. The molecule has 1 rings (SSSR count). The Morgan fingerprint density at radius 1 is 0.603 bits per heavy atom. The standard InChI is InChI=1S/C44H84NO12P/c1-4-7-10-13-16-18-19-21-23-25-28-31-36(47)34-38(48)45-41-43(55-39(49)32-29-26-22-15-12-9-6-3)42(57-58(51,52)53)37(35-46)54-44(41)56-40(50)33-30-27-24-20-17-14-11-8-5-2/h36-37,41-44,46-47H,4-35H2,1-3H3,(H,45,48)(H2,51,52,53)/t36-,37-,41-,42-,43-,44-/m1/s1. The van der Waals surface area contributed by atoms with Gasteiger partial charge in [-0.05, 0) is 19.3 Å². The Hall–Kier alpha value is -1.60. The van der Waals surface area contributed by atoms with Crippen LogP contribution in [-0.2, 0) is 37.7 Å². The van der Waals surface area contributed by atoms with Gasteiger partial charge in [0.05, 0.1) is 19.1 Å². The van der Waals surface area contributed by atoms with Gasteiger partial charge in [0.25, 0.3) is 0 Å². The lowest BCUT2D eigenvalue weighted by Gasteiger charge is -2.44. The van der Waals surface area contributed by atoms with Gasteiger partial charge in [-0.25, -0.2) is 4.57 Å². The Balaban J connectivity index is 2.99. The molecule has 58 heavy (non-hydrogen) atoms. The van der Waals surface area contributed by atoms with Crippen LogP contribution in [0.4, 0.5) is 0 Å². The number of aliphatic hydroxyl groups is 2. The van der Waals surface area contributed by atoms with Crippen molar-refractivity contribution in [1.82, 2.24) is 5.32 Å². The van der Waals surface area contributed by atoms with Gasteiger partial charge in [-0.3, -0.25) is 18.9 Å². The van der Waals surface area contributed by atoms with Gasteiger partial charge in [-0.15, -0.1) is 0 Å². The molecule has 0 aliphatic carbocycles. The van der Waals surface area contributed by atoms with E-state index < -0.39 is 69.0 Å². The number of phosphoric ester groups is 1. The fourth-order valence-electron chi connectivity index (χ4n) is 7.54. The van der Waals surface area contributed by atoms with Crippen LogP contribution in [0.1, 0.15) is 220 Å². The summed E-state index contributed by atoms with van der Waals surface area (Å²) in [5, 5.41) is 23.7. The van der Waals surface area contributed by atoms with E-state index in [2.05, 4.69) is 26.1 Å². The van der Waals surface area contributed by atoms with Crippen molar-refractivity contribution >= 4 is 25.7 Å². The van der Waals surface area contributed by atoms with Gasteiger partial charge in [-0.2, -0.15) is 0 Å². The monoisotopic (exact) mass is 850 g/mol. The largest absolute Gasteiger partial charge is 0.470 e. The number of ether oxygens (including phenoxy) is 3. The van der Waals surface area contributed by atoms with E-state index in [9.17, 15) is 38.9 Å². The number of amides is 1. The smallest absolute Gasteiger partial charge is 0.457 e. The summed E-state index contributed by atoms with van der Waals surface area (Å²) in [6.45, 7) is 5.72. The van der Waals surface area contributed by atoms with E-state index in [0.29, 0.717) is 19.3 Å². The summed E-state index contributed by atoms with van der Waals surface area (Å²) in [6, 6.07) is -1.45. The zero-order valence-corrected chi connectivity index (χ0v) is 37.5. The molecule has 0 aromatic carbocycles. The van der Waals surface area contributed by atoms with E-state index >= 15 is 0 Å². The first-order valence-corrected chi connectivity index (χ1v) is 24.8. The summed E-state index contributed by atoms with van der Waals surface area (Å²) in [4.78, 5) is 59.5. The van der Waals surface area contributed by atoms with Crippen molar-refractivity contribution < 1.29 is 57.7 Å². The van der Waals surface area contributed by atoms with E-state index in [1.165, 1.54) is 70.6 Å². The lowest BCUT2D eigenvalue weighted by Crippen LogP contribution is -2.66. The van der Waals surface area contributed by atoms with Crippen LogP contribution >= 0.6 is 7.82 Å². The molecule has 1 heterocycles. The molecule has 0 aromatic heterocycles. The molecule has 1 amide bonds. The van der Waals surface area contributed by atoms with Gasteiger partial charge < -0.3 is 39.5 Å². The Morgan fingerprint density at radius 3 is 1.41 bits per heavy atom. The van der Waals surface area contributed by atoms with Gasteiger partial charge in [-0.1, -0.05) is 181 Å². The first-order chi connectivity index (χ1) is 27.9. The molecule has 0 unspecified atom stereocenters. The molecule has 13 nitrogen and oxygen atoms in total. The van der Waals surface area contributed by atoms with Crippen LogP contribution in [0.25, 0.3) is 0 Å². The topological polar surface area (TPSA) is 198 Å². The van der Waals surface area contributed by atoms with Crippen molar-refractivity contribution in [2.75, 3.05) is 6.61 Å². The van der Waals surface area contributed by atoms with Gasteiger partial charge >= 0.3 is 19.8 Å². The number of aliphatic hydroxyl groups excluding tert-OH is 2. The molecule has 0 bridgehead atoms. The zero-order valence-electron chi connectivity index (χ0n) is 36.6. The predicted octanol–water partition coefficient (Wildman–Crippen LogP) is 9.64. The molecule has 0 saturated carbocycles. The maximum absolute atomic E-state index is 13.5. The second kappa shape index (κ2) is 35.0. The summed E-state index contributed by atoms with van der Waals surface area (Å²) in [6.07, 6.45) is 21.6. The number of carbonyl (C=O) groups excluding carboxylic acids is 3. The quantitative estimate of drug-likeness (QED) is 0.0224. The molecule has 0 spiro atoms. The second-order valence-corrected chi connectivity index (χ2v) is 17.6. The molecule has 5 N–H and O–H groups in total. The average Bonchev–Trinajstić information content (AvgIpc) is 3.17. The van der Waals surface area contributed by atoms with Crippen molar-refractivity contribution in [3.8, 4) is 0 Å². The molecule has 1 aliphatic rings. The Morgan fingerprint density at radius 2 is 1.00 bits per heavy atom. The maximum atomic E-state index is 13.5. The van der Waals surface area contributed by atoms with Crippen LogP contribution < -0.4 is 5.32 Å². The van der Waals surface area contributed by atoms with Gasteiger partial charge in [0.15, 0.2) is 6.10 Å². The molecule has 6 atom stereocenters. The second-order valence-electron chi connectivity index (χ2n) is 16.5. The van der Waals surface area contributed by atoms with Gasteiger partial charge in [0, 0.05) is 12.8 Å². The number of hydrogen-bond acceptors (Lipinski definition) is 10. The van der Waals surface area contributed by atoms with Gasteiger partial charge in [0.1, 0.15) is 18.2 Å². The highest BCUT2D eigenvalue weighted by Gasteiger charge is 2.53. The van der Waals surface area contributed by atoms with Crippen molar-refractivity contribution in [3.05, 3.63) is 0 Å². The van der Waals surface area contributed by atoms with E-state index in [1.54, 1.807) is 0 Å². The van der Waals surface area contributed by atoms with E-state index in [4.69, 9.17) is 18.7 Å². The summed E-state index contributed by atoms with van der Waals surface area (Å²) in [7, 11) is -5.24. The van der Waals surface area contributed by atoms with Crippen molar-refractivity contribution in [2.45, 2.75) is 257 Å². The molecule has 1 fully saturated rings. The molecule has 0 aromatic rings. The van der Waals surface area contributed by atoms with Crippen LogP contribution in [0.2, 0.25) is 0 Å². The third kappa shape index (κ3) is 28.0. The highest BCUT2D eigenvalue weighted by Crippen LogP contribution is 2.42.